The molecule has 3 nitrogen and oxygen atoms in total. The van der Waals surface area contributed by atoms with Gasteiger partial charge in [0.25, 0.3) is 0 Å². The molecular weight excluding hydrogens is 204 g/mol. The minimum atomic E-state index is -1.25. The van der Waals surface area contributed by atoms with Gasteiger partial charge in [0.15, 0.2) is 4.87 Å². The van der Waals surface area contributed by atoms with Crippen molar-refractivity contribution in [2.24, 2.45) is 5.41 Å². The van der Waals surface area contributed by atoms with Crippen LogP contribution in [-0.2, 0) is 9.53 Å². The van der Waals surface area contributed by atoms with Gasteiger partial charge >= 0.3 is 5.97 Å². The summed E-state index contributed by atoms with van der Waals surface area (Å²) >= 11 is 6.11. The molecule has 0 bridgehead atoms. The first-order chi connectivity index (χ1) is 6.29. The van der Waals surface area contributed by atoms with Gasteiger partial charge in [-0.05, 0) is 5.41 Å². The van der Waals surface area contributed by atoms with Gasteiger partial charge in [-0.2, -0.15) is 0 Å². The zero-order valence-electron chi connectivity index (χ0n) is 8.84. The van der Waals surface area contributed by atoms with Crippen LogP contribution in [0.15, 0.2) is 12.7 Å². The van der Waals surface area contributed by atoms with E-state index in [0.29, 0.717) is 0 Å². The molecular formula is C10H17ClO3. The lowest BCUT2D eigenvalue weighted by Gasteiger charge is -2.34. The fourth-order valence-electron chi connectivity index (χ4n) is 0.939. The second-order valence-electron chi connectivity index (χ2n) is 4.03. The van der Waals surface area contributed by atoms with Gasteiger partial charge in [0.2, 0.25) is 0 Å². The molecule has 0 aromatic carbocycles. The Labute approximate surface area is 89.7 Å². The number of esters is 1. The first-order valence-corrected chi connectivity index (χ1v) is 4.78. The Bertz CT molecular complexity index is 220. The highest BCUT2D eigenvalue weighted by Gasteiger charge is 2.45. The van der Waals surface area contributed by atoms with Crippen molar-refractivity contribution >= 4 is 17.6 Å². The third-order valence-electron chi connectivity index (χ3n) is 1.99. The summed E-state index contributed by atoms with van der Waals surface area (Å²) in [5.41, 5.74) is -0.483. The minimum absolute atomic E-state index is 0.0444. The van der Waals surface area contributed by atoms with Crippen molar-refractivity contribution in [3.8, 4) is 0 Å². The fourth-order valence-corrected chi connectivity index (χ4v) is 0.994. The van der Waals surface area contributed by atoms with Crippen molar-refractivity contribution < 1.29 is 14.6 Å². The predicted octanol–water partition coefficient (Wildman–Crippen LogP) is 1.73. The molecule has 0 saturated carbocycles. The molecule has 82 valence electrons. The van der Waals surface area contributed by atoms with Crippen molar-refractivity contribution in [1.29, 1.82) is 0 Å². The maximum Gasteiger partial charge on any atom is 0.331 e. The highest BCUT2D eigenvalue weighted by molar-refractivity contribution is 6.36. The SMILES string of the molecule is C=CC(Cl)(C(=O)OCCO)C(C)(C)C. The molecule has 0 aliphatic carbocycles. The van der Waals surface area contributed by atoms with Crippen LogP contribution in [0.4, 0.5) is 0 Å². The molecule has 1 unspecified atom stereocenters. The van der Waals surface area contributed by atoms with Gasteiger partial charge in [0.05, 0.1) is 6.61 Å². The normalized spacial score (nSPS) is 15.8. The van der Waals surface area contributed by atoms with E-state index in [4.69, 9.17) is 21.4 Å². The Morgan fingerprint density at radius 2 is 2.07 bits per heavy atom. The number of halogens is 1. The average Bonchev–Trinajstić information content (AvgIpc) is 2.10. The lowest BCUT2D eigenvalue weighted by atomic mass is 9.80. The van der Waals surface area contributed by atoms with Crippen molar-refractivity contribution in [2.75, 3.05) is 13.2 Å². The molecule has 1 atom stereocenters. The summed E-state index contributed by atoms with van der Waals surface area (Å²) < 4.78 is 4.78. The van der Waals surface area contributed by atoms with Gasteiger partial charge in [-0.1, -0.05) is 26.8 Å². The summed E-state index contributed by atoms with van der Waals surface area (Å²) in [7, 11) is 0. The van der Waals surface area contributed by atoms with Crippen molar-refractivity contribution in [1.82, 2.24) is 0 Å². The summed E-state index contributed by atoms with van der Waals surface area (Å²) in [6, 6.07) is 0. The molecule has 0 heterocycles. The largest absolute Gasteiger partial charge is 0.462 e. The second kappa shape index (κ2) is 4.80. The monoisotopic (exact) mass is 220 g/mol. The molecule has 0 aliphatic heterocycles. The Hall–Kier alpha value is -0.540. The van der Waals surface area contributed by atoms with E-state index in [1.165, 1.54) is 6.08 Å². The number of carbonyl (C=O) groups excluding carboxylic acids is 1. The third kappa shape index (κ3) is 2.72. The lowest BCUT2D eigenvalue weighted by Crippen LogP contribution is -2.44. The number of aliphatic hydroxyl groups excluding tert-OH is 1. The van der Waals surface area contributed by atoms with E-state index in [9.17, 15) is 4.79 Å². The van der Waals surface area contributed by atoms with Gasteiger partial charge < -0.3 is 9.84 Å². The van der Waals surface area contributed by atoms with E-state index in [1.54, 1.807) is 0 Å². The predicted molar refractivity (Wildman–Crippen MR) is 56.3 cm³/mol. The van der Waals surface area contributed by atoms with E-state index in [0.717, 1.165) is 0 Å². The first-order valence-electron chi connectivity index (χ1n) is 4.40. The lowest BCUT2D eigenvalue weighted by molar-refractivity contribution is -0.149. The summed E-state index contributed by atoms with van der Waals surface area (Å²) in [5.74, 6) is -0.573. The van der Waals surface area contributed by atoms with Crippen LogP contribution in [0.1, 0.15) is 20.8 Å². The van der Waals surface area contributed by atoms with Crippen LogP contribution < -0.4 is 0 Å². The minimum Gasteiger partial charge on any atom is -0.462 e. The maximum absolute atomic E-state index is 11.6. The van der Waals surface area contributed by atoms with E-state index in [-0.39, 0.29) is 13.2 Å². The van der Waals surface area contributed by atoms with Gasteiger partial charge in [-0.15, -0.1) is 18.2 Å². The highest BCUT2D eigenvalue weighted by atomic mass is 35.5. The van der Waals surface area contributed by atoms with E-state index in [2.05, 4.69) is 6.58 Å². The summed E-state index contributed by atoms with van der Waals surface area (Å²) in [6.07, 6.45) is 1.37. The van der Waals surface area contributed by atoms with Crippen LogP contribution in [0, 0.1) is 5.41 Å². The van der Waals surface area contributed by atoms with Gasteiger partial charge in [0.1, 0.15) is 6.61 Å². The fraction of sp³-hybridized carbons (Fsp3) is 0.700. The number of carbonyl (C=O) groups is 1. The Morgan fingerprint density at radius 3 is 2.36 bits per heavy atom. The number of alkyl halides is 1. The van der Waals surface area contributed by atoms with E-state index in [1.807, 2.05) is 20.8 Å². The van der Waals surface area contributed by atoms with Crippen LogP contribution in [0.5, 0.6) is 0 Å². The third-order valence-corrected chi connectivity index (χ3v) is 2.87. The number of rotatable bonds is 4. The number of hydrogen-bond acceptors (Lipinski definition) is 3. The Kier molecular flexibility index (Phi) is 4.62. The number of aliphatic hydroxyl groups is 1. The van der Waals surface area contributed by atoms with Gasteiger partial charge in [-0.3, -0.25) is 0 Å². The molecule has 14 heavy (non-hydrogen) atoms. The summed E-state index contributed by atoms with van der Waals surface area (Å²) in [5, 5.41) is 8.51. The highest BCUT2D eigenvalue weighted by Crippen LogP contribution is 2.38. The number of hydrogen-bond donors (Lipinski definition) is 1. The molecule has 1 N–H and O–H groups in total. The Morgan fingerprint density at radius 1 is 1.57 bits per heavy atom. The second-order valence-corrected chi connectivity index (χ2v) is 4.62. The summed E-state index contributed by atoms with van der Waals surface area (Å²) in [6.45, 7) is 8.74. The van der Waals surface area contributed by atoms with Crippen molar-refractivity contribution in [2.45, 2.75) is 25.6 Å². The standard InChI is InChI=1S/C10H17ClO3/c1-5-10(11,9(2,3)4)8(13)14-7-6-12/h5,12H,1,6-7H2,2-4H3. The van der Waals surface area contributed by atoms with E-state index >= 15 is 0 Å². The molecule has 0 aromatic heterocycles. The van der Waals surface area contributed by atoms with E-state index < -0.39 is 16.3 Å². The molecule has 0 spiro atoms. The van der Waals surface area contributed by atoms with Crippen LogP contribution in [0.3, 0.4) is 0 Å². The summed E-state index contributed by atoms with van der Waals surface area (Å²) in [4.78, 5) is 10.3. The molecule has 0 rings (SSSR count). The number of ether oxygens (including phenoxy) is 1. The first kappa shape index (κ1) is 13.5. The molecule has 0 aliphatic rings. The molecule has 0 fully saturated rings. The molecule has 4 heteroatoms. The maximum atomic E-state index is 11.6. The van der Waals surface area contributed by atoms with Crippen LogP contribution in [0.2, 0.25) is 0 Å². The zero-order valence-corrected chi connectivity index (χ0v) is 9.60. The Balaban J connectivity index is 4.69. The van der Waals surface area contributed by atoms with Crippen molar-refractivity contribution in [3.05, 3.63) is 12.7 Å². The molecule has 0 saturated heterocycles. The van der Waals surface area contributed by atoms with Crippen LogP contribution >= 0.6 is 11.6 Å². The quantitative estimate of drug-likeness (QED) is 0.446. The molecule has 0 amide bonds. The van der Waals surface area contributed by atoms with Crippen LogP contribution in [-0.4, -0.2) is 29.2 Å². The molecule has 0 aromatic rings. The van der Waals surface area contributed by atoms with Crippen molar-refractivity contribution in [3.63, 3.8) is 0 Å². The van der Waals surface area contributed by atoms with Crippen LogP contribution in [0.25, 0.3) is 0 Å². The topological polar surface area (TPSA) is 46.5 Å². The molecule has 0 radical (unpaired) electrons. The van der Waals surface area contributed by atoms with Gasteiger partial charge in [0, 0.05) is 0 Å². The average molecular weight is 221 g/mol. The van der Waals surface area contributed by atoms with Gasteiger partial charge in [-0.25, -0.2) is 4.79 Å². The zero-order chi connectivity index (χ0) is 11.4. The smallest absolute Gasteiger partial charge is 0.331 e.